The first kappa shape index (κ1) is 12.3. The highest BCUT2D eigenvalue weighted by atomic mass is 79.9. The van der Waals surface area contributed by atoms with Gasteiger partial charge in [0, 0.05) is 23.0 Å². The Morgan fingerprint density at radius 3 is 2.82 bits per heavy atom. The third-order valence-corrected chi connectivity index (χ3v) is 3.51. The van der Waals surface area contributed by atoms with Gasteiger partial charge in [0.25, 0.3) is 0 Å². The lowest BCUT2D eigenvalue weighted by molar-refractivity contribution is 0.885. The van der Waals surface area contributed by atoms with Gasteiger partial charge < -0.3 is 10.7 Å². The van der Waals surface area contributed by atoms with Crippen LogP contribution >= 0.6 is 15.9 Å². The molecule has 0 radical (unpaired) electrons. The number of aromatic nitrogens is 2. The molecule has 0 aliphatic rings. The number of benzene rings is 1. The summed E-state index contributed by atoms with van der Waals surface area (Å²) in [6.45, 7) is 2.68. The van der Waals surface area contributed by atoms with Gasteiger partial charge in [-0.2, -0.15) is 0 Å². The predicted octanol–water partition coefficient (Wildman–Crippen LogP) is 2.57. The molecule has 0 saturated heterocycles. The Balaban J connectivity index is 2.21. The molecule has 3 nitrogen and oxygen atoms in total. The lowest BCUT2D eigenvalue weighted by Gasteiger charge is -2.02. The third-order valence-electron chi connectivity index (χ3n) is 2.73. The van der Waals surface area contributed by atoms with E-state index in [2.05, 4.69) is 45.0 Å². The SMILES string of the molecule is Cc1[nH]c(CCN)nc1Cc1ccccc1Br. The number of nitrogens with one attached hydrogen (secondary N) is 1. The maximum atomic E-state index is 5.53. The van der Waals surface area contributed by atoms with Crippen LogP contribution in [0, 0.1) is 6.92 Å². The monoisotopic (exact) mass is 293 g/mol. The van der Waals surface area contributed by atoms with E-state index in [1.165, 1.54) is 5.56 Å². The van der Waals surface area contributed by atoms with Crippen LogP contribution < -0.4 is 5.73 Å². The molecule has 1 aromatic heterocycles. The van der Waals surface area contributed by atoms with Crippen LogP contribution in [0.25, 0.3) is 0 Å². The Bertz CT molecular complexity index is 505. The second-order valence-corrected chi connectivity index (χ2v) is 4.92. The van der Waals surface area contributed by atoms with Gasteiger partial charge in [0.05, 0.1) is 5.69 Å². The first-order valence-corrected chi connectivity index (χ1v) is 6.48. The number of rotatable bonds is 4. The summed E-state index contributed by atoms with van der Waals surface area (Å²) in [5.41, 5.74) is 9.01. The average molecular weight is 294 g/mol. The van der Waals surface area contributed by atoms with Crippen molar-refractivity contribution < 1.29 is 0 Å². The van der Waals surface area contributed by atoms with E-state index in [0.29, 0.717) is 6.54 Å². The van der Waals surface area contributed by atoms with Crippen LogP contribution in [0.4, 0.5) is 0 Å². The summed E-state index contributed by atoms with van der Waals surface area (Å²) in [5, 5.41) is 0. The number of aryl methyl sites for hydroxylation is 1. The van der Waals surface area contributed by atoms with E-state index in [4.69, 9.17) is 5.73 Å². The van der Waals surface area contributed by atoms with E-state index < -0.39 is 0 Å². The van der Waals surface area contributed by atoms with Crippen LogP contribution in [0.15, 0.2) is 28.7 Å². The minimum Gasteiger partial charge on any atom is -0.346 e. The van der Waals surface area contributed by atoms with Gasteiger partial charge in [0.1, 0.15) is 5.82 Å². The van der Waals surface area contributed by atoms with Gasteiger partial charge in [-0.1, -0.05) is 34.1 Å². The van der Waals surface area contributed by atoms with Crippen molar-refractivity contribution in [2.45, 2.75) is 19.8 Å². The largest absolute Gasteiger partial charge is 0.346 e. The molecule has 2 rings (SSSR count). The van der Waals surface area contributed by atoms with Crippen LogP contribution in [-0.4, -0.2) is 16.5 Å². The van der Waals surface area contributed by atoms with Crippen LogP contribution in [0.3, 0.4) is 0 Å². The van der Waals surface area contributed by atoms with Crippen molar-refractivity contribution in [3.63, 3.8) is 0 Å². The van der Waals surface area contributed by atoms with E-state index in [-0.39, 0.29) is 0 Å². The minimum atomic E-state index is 0.626. The molecule has 3 N–H and O–H groups in total. The summed E-state index contributed by atoms with van der Waals surface area (Å²) in [5.74, 6) is 0.979. The summed E-state index contributed by atoms with van der Waals surface area (Å²) in [6, 6.07) is 8.23. The Kier molecular flexibility index (Phi) is 3.97. The Morgan fingerprint density at radius 1 is 1.35 bits per heavy atom. The van der Waals surface area contributed by atoms with Crippen molar-refractivity contribution in [1.29, 1.82) is 0 Å². The van der Waals surface area contributed by atoms with Gasteiger partial charge in [-0.15, -0.1) is 0 Å². The molecule has 17 heavy (non-hydrogen) atoms. The first-order valence-electron chi connectivity index (χ1n) is 5.68. The number of H-pyrrole nitrogens is 1. The standard InChI is InChI=1S/C13H16BrN3/c1-9-12(17-13(16-9)6-7-15)8-10-4-2-3-5-11(10)14/h2-5H,6-8,15H2,1H3,(H,16,17). The minimum absolute atomic E-state index is 0.626. The summed E-state index contributed by atoms with van der Waals surface area (Å²) in [6.07, 6.45) is 1.64. The van der Waals surface area contributed by atoms with Crippen molar-refractivity contribution in [2.24, 2.45) is 5.73 Å². The average Bonchev–Trinajstić information content (AvgIpc) is 2.63. The molecular formula is C13H16BrN3. The zero-order chi connectivity index (χ0) is 12.3. The van der Waals surface area contributed by atoms with Crippen LogP contribution in [-0.2, 0) is 12.8 Å². The normalized spacial score (nSPS) is 10.8. The van der Waals surface area contributed by atoms with Crippen molar-refractivity contribution in [3.8, 4) is 0 Å². The van der Waals surface area contributed by atoms with Gasteiger partial charge >= 0.3 is 0 Å². The lowest BCUT2D eigenvalue weighted by Crippen LogP contribution is -2.04. The zero-order valence-corrected chi connectivity index (χ0v) is 11.4. The van der Waals surface area contributed by atoms with Crippen molar-refractivity contribution >= 4 is 15.9 Å². The van der Waals surface area contributed by atoms with Crippen molar-refractivity contribution in [3.05, 3.63) is 51.5 Å². The number of imidazole rings is 1. The number of hydrogen-bond donors (Lipinski definition) is 2. The molecule has 0 saturated carbocycles. The van der Waals surface area contributed by atoms with Gasteiger partial charge in [0.15, 0.2) is 0 Å². The fraction of sp³-hybridized carbons (Fsp3) is 0.308. The molecule has 0 fully saturated rings. The van der Waals surface area contributed by atoms with E-state index in [1.807, 2.05) is 12.1 Å². The highest BCUT2D eigenvalue weighted by Crippen LogP contribution is 2.20. The maximum absolute atomic E-state index is 5.53. The fourth-order valence-electron chi connectivity index (χ4n) is 1.81. The number of nitrogens with two attached hydrogens (primary N) is 1. The molecule has 0 unspecified atom stereocenters. The topological polar surface area (TPSA) is 54.7 Å². The van der Waals surface area contributed by atoms with Crippen LogP contribution in [0.5, 0.6) is 0 Å². The molecule has 4 heteroatoms. The summed E-state index contributed by atoms with van der Waals surface area (Å²) in [7, 11) is 0. The third kappa shape index (κ3) is 2.96. The van der Waals surface area contributed by atoms with Gasteiger partial charge in [-0.25, -0.2) is 4.98 Å². The summed E-state index contributed by atoms with van der Waals surface area (Å²) >= 11 is 3.56. The van der Waals surface area contributed by atoms with E-state index in [1.54, 1.807) is 0 Å². The molecule has 2 aromatic rings. The Labute approximate surface area is 110 Å². The maximum Gasteiger partial charge on any atom is 0.107 e. The molecule has 0 atom stereocenters. The van der Waals surface area contributed by atoms with Crippen molar-refractivity contribution in [2.75, 3.05) is 6.54 Å². The molecule has 0 amide bonds. The van der Waals surface area contributed by atoms with Gasteiger partial charge in [-0.05, 0) is 25.1 Å². The fourth-order valence-corrected chi connectivity index (χ4v) is 2.24. The van der Waals surface area contributed by atoms with Crippen molar-refractivity contribution in [1.82, 2.24) is 9.97 Å². The second kappa shape index (κ2) is 5.47. The molecule has 90 valence electrons. The van der Waals surface area contributed by atoms with Crippen LogP contribution in [0.1, 0.15) is 22.8 Å². The smallest absolute Gasteiger partial charge is 0.107 e. The Morgan fingerprint density at radius 2 is 2.12 bits per heavy atom. The molecule has 1 heterocycles. The van der Waals surface area contributed by atoms with Crippen LogP contribution in [0.2, 0.25) is 0 Å². The quantitative estimate of drug-likeness (QED) is 0.910. The highest BCUT2D eigenvalue weighted by molar-refractivity contribution is 9.10. The molecule has 0 aliphatic carbocycles. The predicted molar refractivity (Wildman–Crippen MR) is 73.0 cm³/mol. The van der Waals surface area contributed by atoms with E-state index in [0.717, 1.165) is 34.5 Å². The number of aromatic amines is 1. The molecule has 0 spiro atoms. The van der Waals surface area contributed by atoms with Gasteiger partial charge in [0.2, 0.25) is 0 Å². The lowest BCUT2D eigenvalue weighted by atomic mass is 10.1. The molecule has 0 bridgehead atoms. The molecule has 1 aromatic carbocycles. The number of nitrogens with zero attached hydrogens (tertiary/aromatic N) is 1. The van der Waals surface area contributed by atoms with E-state index >= 15 is 0 Å². The summed E-state index contributed by atoms with van der Waals surface area (Å²) < 4.78 is 1.13. The number of halogens is 1. The highest BCUT2D eigenvalue weighted by Gasteiger charge is 2.08. The second-order valence-electron chi connectivity index (χ2n) is 4.06. The van der Waals surface area contributed by atoms with E-state index in [9.17, 15) is 0 Å². The summed E-state index contributed by atoms with van der Waals surface area (Å²) in [4.78, 5) is 7.86. The van der Waals surface area contributed by atoms with Gasteiger partial charge in [-0.3, -0.25) is 0 Å². The molecule has 0 aliphatic heterocycles. The first-order chi connectivity index (χ1) is 8.20. The number of hydrogen-bond acceptors (Lipinski definition) is 2. The zero-order valence-electron chi connectivity index (χ0n) is 9.83. The Hall–Kier alpha value is -1.13. The molecular weight excluding hydrogens is 278 g/mol.